The van der Waals surface area contributed by atoms with E-state index in [1.165, 1.54) is 28.7 Å². The topological polar surface area (TPSA) is 105 Å². The first-order valence-corrected chi connectivity index (χ1v) is 11.1. The molecule has 1 saturated heterocycles. The summed E-state index contributed by atoms with van der Waals surface area (Å²) in [5.41, 5.74) is 1.76. The first kappa shape index (κ1) is 20.2. The number of carbonyl (C=O) groups excluding carboxylic acids is 2. The summed E-state index contributed by atoms with van der Waals surface area (Å²) in [7, 11) is 0. The molecule has 1 aliphatic heterocycles. The molecule has 0 radical (unpaired) electrons. The standard InChI is InChI=1S/C20H18N4O4S2/c1-12-6-7-13(10-16(12)24(27)28)14-11-30-20(21-14)22-18(25)15-4-2-8-23(15)19(26)17-5-3-9-29-17/h3,5-7,9-11,15H,2,4,8H2,1H3,(H,21,22,25)/t15-/m0/s1. The Bertz CT molecular complexity index is 1110. The number of likely N-dealkylation sites (tertiary alicyclic amines) is 1. The van der Waals surface area contributed by atoms with Gasteiger partial charge in [0.25, 0.3) is 11.6 Å². The van der Waals surface area contributed by atoms with Crippen LogP contribution in [0.4, 0.5) is 10.8 Å². The zero-order valence-electron chi connectivity index (χ0n) is 16.0. The van der Waals surface area contributed by atoms with Crippen molar-refractivity contribution < 1.29 is 14.5 Å². The molecule has 2 amide bonds. The van der Waals surface area contributed by atoms with Crippen LogP contribution in [-0.4, -0.2) is 39.2 Å². The van der Waals surface area contributed by atoms with Crippen LogP contribution in [0.25, 0.3) is 11.3 Å². The van der Waals surface area contributed by atoms with E-state index in [1.54, 1.807) is 35.4 Å². The molecular formula is C20H18N4O4S2. The summed E-state index contributed by atoms with van der Waals surface area (Å²) in [4.78, 5) is 42.9. The summed E-state index contributed by atoms with van der Waals surface area (Å²) in [6.07, 6.45) is 1.37. The van der Waals surface area contributed by atoms with Gasteiger partial charge in [0.1, 0.15) is 6.04 Å². The van der Waals surface area contributed by atoms with Crippen molar-refractivity contribution in [1.29, 1.82) is 0 Å². The van der Waals surface area contributed by atoms with Crippen LogP contribution in [0.2, 0.25) is 0 Å². The number of benzene rings is 1. The maximum atomic E-state index is 12.8. The molecule has 10 heteroatoms. The fraction of sp³-hybridized carbons (Fsp3) is 0.250. The van der Waals surface area contributed by atoms with Gasteiger partial charge in [0.2, 0.25) is 5.91 Å². The van der Waals surface area contributed by atoms with Crippen molar-refractivity contribution in [3.8, 4) is 11.3 Å². The minimum absolute atomic E-state index is 0.0276. The highest BCUT2D eigenvalue weighted by Gasteiger charge is 2.35. The van der Waals surface area contributed by atoms with Crippen molar-refractivity contribution in [1.82, 2.24) is 9.88 Å². The van der Waals surface area contributed by atoms with E-state index < -0.39 is 11.0 Å². The van der Waals surface area contributed by atoms with E-state index in [-0.39, 0.29) is 17.5 Å². The van der Waals surface area contributed by atoms with E-state index >= 15 is 0 Å². The van der Waals surface area contributed by atoms with Crippen molar-refractivity contribution in [2.45, 2.75) is 25.8 Å². The Morgan fingerprint density at radius 1 is 1.30 bits per heavy atom. The van der Waals surface area contributed by atoms with Gasteiger partial charge in [0.05, 0.1) is 15.5 Å². The van der Waals surface area contributed by atoms with Crippen LogP contribution in [0.3, 0.4) is 0 Å². The molecule has 1 atom stereocenters. The Kier molecular flexibility index (Phi) is 5.60. The normalized spacial score (nSPS) is 15.9. The molecule has 0 spiro atoms. The molecule has 1 aliphatic rings. The summed E-state index contributed by atoms with van der Waals surface area (Å²) in [5.74, 6) is -0.400. The maximum absolute atomic E-state index is 12.8. The van der Waals surface area contributed by atoms with E-state index in [0.29, 0.717) is 39.8 Å². The van der Waals surface area contributed by atoms with Gasteiger partial charge in [-0.25, -0.2) is 4.98 Å². The van der Waals surface area contributed by atoms with Gasteiger partial charge in [-0.05, 0) is 31.2 Å². The van der Waals surface area contributed by atoms with E-state index in [4.69, 9.17) is 0 Å². The van der Waals surface area contributed by atoms with Crippen LogP contribution in [0.15, 0.2) is 41.1 Å². The molecule has 1 aromatic carbocycles. The van der Waals surface area contributed by atoms with Gasteiger partial charge in [0.15, 0.2) is 5.13 Å². The summed E-state index contributed by atoms with van der Waals surface area (Å²) < 4.78 is 0. The van der Waals surface area contributed by atoms with E-state index in [1.807, 2.05) is 11.4 Å². The monoisotopic (exact) mass is 442 g/mol. The predicted octanol–water partition coefficient (Wildman–Crippen LogP) is 4.33. The lowest BCUT2D eigenvalue weighted by atomic mass is 10.1. The third kappa shape index (κ3) is 3.96. The van der Waals surface area contributed by atoms with Gasteiger partial charge in [0, 0.05) is 29.1 Å². The Morgan fingerprint density at radius 2 is 2.13 bits per heavy atom. The van der Waals surface area contributed by atoms with Gasteiger partial charge in [-0.2, -0.15) is 0 Å². The van der Waals surface area contributed by atoms with Gasteiger partial charge >= 0.3 is 0 Å². The molecule has 3 aromatic rings. The zero-order chi connectivity index (χ0) is 21.3. The summed E-state index contributed by atoms with van der Waals surface area (Å²) in [6.45, 7) is 2.23. The molecule has 0 aliphatic carbocycles. The molecule has 1 fully saturated rings. The quantitative estimate of drug-likeness (QED) is 0.468. The fourth-order valence-corrected chi connectivity index (χ4v) is 4.84. The van der Waals surface area contributed by atoms with Crippen LogP contribution in [0.5, 0.6) is 0 Å². The SMILES string of the molecule is Cc1ccc(-c2csc(NC(=O)[C@@H]3CCCN3C(=O)c3cccs3)n2)cc1[N+](=O)[O-]. The van der Waals surface area contributed by atoms with Crippen LogP contribution in [-0.2, 0) is 4.79 Å². The number of aryl methyl sites for hydroxylation is 1. The van der Waals surface area contributed by atoms with Gasteiger partial charge in [-0.15, -0.1) is 22.7 Å². The highest BCUT2D eigenvalue weighted by molar-refractivity contribution is 7.14. The smallest absolute Gasteiger partial charge is 0.272 e. The molecule has 0 saturated carbocycles. The van der Waals surface area contributed by atoms with Gasteiger partial charge in [-0.1, -0.05) is 18.2 Å². The number of anilines is 1. The molecule has 4 rings (SSSR count). The number of hydrogen-bond acceptors (Lipinski definition) is 7. The molecule has 2 aromatic heterocycles. The lowest BCUT2D eigenvalue weighted by molar-refractivity contribution is -0.385. The molecule has 30 heavy (non-hydrogen) atoms. The Labute approximate surface area is 180 Å². The largest absolute Gasteiger partial charge is 0.326 e. The summed E-state index contributed by atoms with van der Waals surface area (Å²) in [5, 5.41) is 17.9. The van der Waals surface area contributed by atoms with Gasteiger partial charge in [-0.3, -0.25) is 19.7 Å². The molecule has 1 N–H and O–H groups in total. The van der Waals surface area contributed by atoms with Crippen LogP contribution < -0.4 is 5.32 Å². The average molecular weight is 443 g/mol. The number of nitrogens with zero attached hydrogens (tertiary/aromatic N) is 3. The summed E-state index contributed by atoms with van der Waals surface area (Å²) >= 11 is 2.60. The Hall–Kier alpha value is -3.11. The summed E-state index contributed by atoms with van der Waals surface area (Å²) in [6, 6.07) is 7.96. The van der Waals surface area contributed by atoms with Crippen LogP contribution in [0, 0.1) is 17.0 Å². The number of thiazole rings is 1. The van der Waals surface area contributed by atoms with E-state index in [2.05, 4.69) is 10.3 Å². The second-order valence-electron chi connectivity index (χ2n) is 6.92. The molecule has 0 unspecified atom stereocenters. The molecular weight excluding hydrogens is 424 g/mol. The van der Waals surface area contributed by atoms with E-state index in [0.717, 1.165) is 6.42 Å². The third-order valence-electron chi connectivity index (χ3n) is 4.98. The van der Waals surface area contributed by atoms with Crippen LogP contribution >= 0.6 is 22.7 Å². The Balaban J connectivity index is 1.48. The number of nitro benzene ring substituents is 1. The maximum Gasteiger partial charge on any atom is 0.272 e. The highest BCUT2D eigenvalue weighted by Crippen LogP contribution is 2.30. The molecule has 3 heterocycles. The van der Waals surface area contributed by atoms with Crippen LogP contribution in [0.1, 0.15) is 28.1 Å². The van der Waals surface area contributed by atoms with E-state index in [9.17, 15) is 19.7 Å². The number of carbonyl (C=O) groups is 2. The zero-order valence-corrected chi connectivity index (χ0v) is 17.7. The fourth-order valence-electron chi connectivity index (χ4n) is 3.44. The molecule has 0 bridgehead atoms. The van der Waals surface area contributed by atoms with Crippen molar-refractivity contribution in [2.24, 2.45) is 0 Å². The number of amides is 2. The molecule has 154 valence electrons. The number of thiophene rings is 1. The predicted molar refractivity (Wildman–Crippen MR) is 116 cm³/mol. The minimum Gasteiger partial charge on any atom is -0.326 e. The number of aromatic nitrogens is 1. The second-order valence-corrected chi connectivity index (χ2v) is 8.73. The lowest BCUT2D eigenvalue weighted by Crippen LogP contribution is -2.42. The number of nitro groups is 1. The first-order chi connectivity index (χ1) is 14.4. The molecule has 8 nitrogen and oxygen atoms in total. The minimum atomic E-state index is -0.535. The second kappa shape index (κ2) is 8.33. The number of nitrogens with one attached hydrogen (secondary N) is 1. The number of rotatable bonds is 5. The van der Waals surface area contributed by atoms with Crippen molar-refractivity contribution in [3.63, 3.8) is 0 Å². The Morgan fingerprint density at radius 3 is 2.87 bits per heavy atom. The average Bonchev–Trinajstić information content (AvgIpc) is 3.48. The lowest BCUT2D eigenvalue weighted by Gasteiger charge is -2.22. The van der Waals surface area contributed by atoms with Crippen molar-refractivity contribution >= 4 is 45.3 Å². The number of hydrogen-bond donors (Lipinski definition) is 1. The highest BCUT2D eigenvalue weighted by atomic mass is 32.1. The van der Waals surface area contributed by atoms with Crippen molar-refractivity contribution in [2.75, 3.05) is 11.9 Å². The van der Waals surface area contributed by atoms with Gasteiger partial charge < -0.3 is 10.2 Å². The third-order valence-corrected chi connectivity index (χ3v) is 6.60. The van der Waals surface area contributed by atoms with Crippen molar-refractivity contribution in [3.05, 3.63) is 61.6 Å². The first-order valence-electron chi connectivity index (χ1n) is 9.30.